The van der Waals surface area contributed by atoms with Crippen molar-refractivity contribution in [2.75, 3.05) is 16.8 Å². The molecule has 0 radical (unpaired) electrons. The number of pyridine rings is 1. The molecular weight excluding hydrogens is 325 g/mol. The Hall–Kier alpha value is -1.21. The molecule has 0 saturated carbocycles. The zero-order valence-corrected chi connectivity index (χ0v) is 11.5. The van der Waals surface area contributed by atoms with Gasteiger partial charge in [-0.15, -0.1) is 0 Å². The lowest BCUT2D eigenvalue weighted by Crippen LogP contribution is -2.26. The van der Waals surface area contributed by atoms with Crippen LogP contribution in [0.5, 0.6) is 0 Å². The molecule has 1 aliphatic heterocycles. The predicted molar refractivity (Wildman–Crippen MR) is 70.2 cm³/mol. The third kappa shape index (κ3) is 2.46. The molecule has 1 aromatic rings. The second-order valence-electron chi connectivity index (χ2n) is 3.96. The van der Waals surface area contributed by atoms with Gasteiger partial charge in [0.2, 0.25) is 11.7 Å². The zero-order valence-electron chi connectivity index (χ0n) is 9.18. The zero-order chi connectivity index (χ0) is 13.3. The Balaban J connectivity index is 2.41. The molecule has 1 aromatic heterocycles. The molecule has 0 aliphatic carbocycles. The number of alkyl halides is 1. The molecule has 0 bridgehead atoms. The minimum Gasteiger partial charge on any atom is -0.291 e. The number of rotatable bonds is 3. The number of hydrogen-bond donors (Lipinski definition) is 0. The molecule has 1 unspecified atom stereocenters. The first-order valence-corrected chi connectivity index (χ1v) is 6.70. The lowest BCUT2D eigenvalue weighted by atomic mass is 10.2. The fraction of sp³-hybridized carbons (Fsp3) is 0.400. The quantitative estimate of drug-likeness (QED) is 0.368. The van der Waals surface area contributed by atoms with E-state index in [1.165, 1.54) is 17.0 Å². The molecule has 6 nitrogen and oxygen atoms in total. The number of amides is 1. The second-order valence-corrected chi connectivity index (χ2v) is 5.00. The van der Waals surface area contributed by atoms with Gasteiger partial charge in [0.1, 0.15) is 5.15 Å². The van der Waals surface area contributed by atoms with E-state index in [-0.39, 0.29) is 28.5 Å². The van der Waals surface area contributed by atoms with E-state index >= 15 is 0 Å². The number of aromatic nitrogens is 1. The lowest BCUT2D eigenvalue weighted by Gasteiger charge is -2.15. The maximum Gasteiger partial charge on any atom is 0.312 e. The van der Waals surface area contributed by atoms with Crippen LogP contribution in [-0.4, -0.2) is 27.7 Å². The van der Waals surface area contributed by atoms with Crippen molar-refractivity contribution in [3.8, 4) is 0 Å². The minimum atomic E-state index is -0.562. The Kier molecular flexibility index (Phi) is 3.82. The summed E-state index contributed by atoms with van der Waals surface area (Å²) >= 11 is 9.04. The van der Waals surface area contributed by atoms with Gasteiger partial charge in [-0.3, -0.25) is 19.8 Å². The average molecular weight is 335 g/mol. The number of carbonyl (C=O) groups excluding carboxylic acids is 1. The highest BCUT2D eigenvalue weighted by Gasteiger charge is 2.34. The summed E-state index contributed by atoms with van der Waals surface area (Å²) in [4.78, 5) is 27.4. The number of carbonyl (C=O) groups is 1. The van der Waals surface area contributed by atoms with Crippen molar-refractivity contribution >= 4 is 44.9 Å². The van der Waals surface area contributed by atoms with Crippen molar-refractivity contribution in [2.45, 2.75) is 6.42 Å². The topological polar surface area (TPSA) is 76.3 Å². The summed E-state index contributed by atoms with van der Waals surface area (Å²) in [6.45, 7) is 0.415. The van der Waals surface area contributed by atoms with Crippen molar-refractivity contribution in [3.05, 3.63) is 27.4 Å². The van der Waals surface area contributed by atoms with Gasteiger partial charge in [0, 0.05) is 24.4 Å². The monoisotopic (exact) mass is 333 g/mol. The van der Waals surface area contributed by atoms with Gasteiger partial charge in [-0.25, -0.2) is 4.98 Å². The molecule has 18 heavy (non-hydrogen) atoms. The Morgan fingerprint density at radius 1 is 1.61 bits per heavy atom. The summed E-state index contributed by atoms with van der Waals surface area (Å²) in [5.41, 5.74) is -0.206. The van der Waals surface area contributed by atoms with Crippen LogP contribution >= 0.6 is 27.5 Å². The van der Waals surface area contributed by atoms with E-state index in [2.05, 4.69) is 20.9 Å². The number of halogens is 2. The summed E-state index contributed by atoms with van der Waals surface area (Å²) in [5, 5.41) is 11.7. The number of anilines is 1. The van der Waals surface area contributed by atoms with E-state index in [1.807, 2.05) is 0 Å². The molecule has 1 amide bonds. The van der Waals surface area contributed by atoms with Crippen LogP contribution in [0.25, 0.3) is 0 Å². The van der Waals surface area contributed by atoms with Crippen LogP contribution in [0.15, 0.2) is 12.1 Å². The fourth-order valence-electron chi connectivity index (χ4n) is 1.85. The maximum absolute atomic E-state index is 11.8. The van der Waals surface area contributed by atoms with Crippen molar-refractivity contribution < 1.29 is 9.72 Å². The number of nitro groups is 1. The SMILES string of the molecule is O=C1CC(CBr)CN1c1nc(Cl)ccc1[N+](=O)[O-]. The van der Waals surface area contributed by atoms with Gasteiger partial charge in [-0.1, -0.05) is 27.5 Å². The Bertz CT molecular complexity index is 511. The first-order chi connectivity index (χ1) is 8.52. The molecule has 0 spiro atoms. The second kappa shape index (κ2) is 5.19. The lowest BCUT2D eigenvalue weighted by molar-refractivity contribution is -0.384. The molecule has 1 saturated heterocycles. The molecule has 8 heteroatoms. The predicted octanol–water partition coefficient (Wildman–Crippen LogP) is 2.39. The average Bonchev–Trinajstić information content (AvgIpc) is 2.70. The summed E-state index contributed by atoms with van der Waals surface area (Å²) < 4.78 is 0. The van der Waals surface area contributed by atoms with Crippen LogP contribution in [0.4, 0.5) is 11.5 Å². The van der Waals surface area contributed by atoms with Crippen LogP contribution in [0.3, 0.4) is 0 Å². The van der Waals surface area contributed by atoms with Gasteiger partial charge in [-0.05, 0) is 12.0 Å². The van der Waals surface area contributed by atoms with Gasteiger partial charge >= 0.3 is 5.69 Å². The summed E-state index contributed by atoms with van der Waals surface area (Å²) in [7, 11) is 0. The van der Waals surface area contributed by atoms with Crippen LogP contribution in [0, 0.1) is 16.0 Å². The number of nitrogens with zero attached hydrogens (tertiary/aromatic N) is 3. The minimum absolute atomic E-state index is 0.0287. The molecular formula is C10H9BrClN3O3. The van der Waals surface area contributed by atoms with Crippen LogP contribution in [0.2, 0.25) is 5.15 Å². The molecule has 1 aliphatic rings. The fourth-order valence-corrected chi connectivity index (χ4v) is 2.43. The van der Waals surface area contributed by atoms with Crippen molar-refractivity contribution in [2.24, 2.45) is 5.92 Å². The highest BCUT2D eigenvalue weighted by Crippen LogP contribution is 2.32. The standard InChI is InChI=1S/C10H9BrClN3O3/c11-4-6-3-9(16)14(5-6)10-7(15(17)18)1-2-8(12)13-10/h1-2,6H,3-5H2. The molecule has 1 fully saturated rings. The van der Waals surface area contributed by atoms with Crippen molar-refractivity contribution in [1.82, 2.24) is 4.98 Å². The van der Waals surface area contributed by atoms with E-state index in [0.29, 0.717) is 18.3 Å². The van der Waals surface area contributed by atoms with E-state index in [0.717, 1.165) is 0 Å². The molecule has 2 rings (SSSR count). The molecule has 96 valence electrons. The molecule has 0 aromatic carbocycles. The van der Waals surface area contributed by atoms with E-state index in [9.17, 15) is 14.9 Å². The van der Waals surface area contributed by atoms with Crippen LogP contribution in [-0.2, 0) is 4.79 Å². The summed E-state index contributed by atoms with van der Waals surface area (Å²) in [5.74, 6) is -0.00356. The highest BCUT2D eigenvalue weighted by molar-refractivity contribution is 9.09. The van der Waals surface area contributed by atoms with Crippen molar-refractivity contribution in [3.63, 3.8) is 0 Å². The molecule has 0 N–H and O–H groups in total. The van der Waals surface area contributed by atoms with Gasteiger partial charge in [0.25, 0.3) is 0 Å². The molecule has 2 heterocycles. The first kappa shape index (κ1) is 13.2. The summed E-state index contributed by atoms with van der Waals surface area (Å²) in [6, 6.07) is 2.60. The van der Waals surface area contributed by atoms with E-state index < -0.39 is 4.92 Å². The Morgan fingerprint density at radius 3 is 2.89 bits per heavy atom. The normalized spacial score (nSPS) is 19.3. The van der Waals surface area contributed by atoms with Crippen LogP contribution < -0.4 is 4.90 Å². The smallest absolute Gasteiger partial charge is 0.291 e. The van der Waals surface area contributed by atoms with Crippen LogP contribution in [0.1, 0.15) is 6.42 Å². The Labute approximate surface area is 116 Å². The van der Waals surface area contributed by atoms with Crippen molar-refractivity contribution in [1.29, 1.82) is 0 Å². The highest BCUT2D eigenvalue weighted by atomic mass is 79.9. The third-order valence-corrected chi connectivity index (χ3v) is 3.82. The van der Waals surface area contributed by atoms with E-state index in [4.69, 9.17) is 11.6 Å². The Morgan fingerprint density at radius 2 is 2.33 bits per heavy atom. The van der Waals surface area contributed by atoms with Gasteiger partial charge < -0.3 is 0 Å². The largest absolute Gasteiger partial charge is 0.312 e. The van der Waals surface area contributed by atoms with E-state index in [1.54, 1.807) is 0 Å². The first-order valence-electron chi connectivity index (χ1n) is 5.20. The third-order valence-electron chi connectivity index (χ3n) is 2.70. The maximum atomic E-state index is 11.8. The van der Waals surface area contributed by atoms with Gasteiger partial charge in [-0.2, -0.15) is 0 Å². The number of hydrogen-bond acceptors (Lipinski definition) is 4. The van der Waals surface area contributed by atoms with Gasteiger partial charge in [0.15, 0.2) is 0 Å². The van der Waals surface area contributed by atoms with Gasteiger partial charge in [0.05, 0.1) is 4.92 Å². The molecule has 1 atom stereocenters. The summed E-state index contributed by atoms with van der Waals surface area (Å²) in [6.07, 6.45) is 0.358.